The fourth-order valence-electron chi connectivity index (χ4n) is 3.90. The molecule has 1 N–H and O–H groups in total. The van der Waals surface area contributed by atoms with Gasteiger partial charge in [0.25, 0.3) is 0 Å². The van der Waals surface area contributed by atoms with Crippen LogP contribution < -0.4 is 5.32 Å². The van der Waals surface area contributed by atoms with E-state index in [4.69, 9.17) is 0 Å². The molecule has 1 nitrogen and oxygen atoms in total. The summed E-state index contributed by atoms with van der Waals surface area (Å²) in [7, 11) is 0. The zero-order valence-corrected chi connectivity index (χ0v) is 18.0. The molecule has 1 unspecified atom stereocenters. The van der Waals surface area contributed by atoms with Gasteiger partial charge in [-0.2, -0.15) is 0 Å². The lowest BCUT2D eigenvalue weighted by molar-refractivity contribution is 0.681. The van der Waals surface area contributed by atoms with Gasteiger partial charge in [-0.05, 0) is 54.7 Å². The van der Waals surface area contributed by atoms with Crippen molar-refractivity contribution in [3.63, 3.8) is 0 Å². The first kappa shape index (κ1) is 20.0. The molecule has 0 bridgehead atoms. The van der Waals surface area contributed by atoms with Crippen LogP contribution in [0.4, 0.5) is 11.4 Å². The van der Waals surface area contributed by atoms with Gasteiger partial charge >= 0.3 is 0 Å². The zero-order valence-electron chi connectivity index (χ0n) is 18.0. The maximum Gasteiger partial charge on any atom is 0.0464 e. The first-order valence-electron chi connectivity index (χ1n) is 10.6. The molecule has 30 heavy (non-hydrogen) atoms. The van der Waals surface area contributed by atoms with Gasteiger partial charge in [0.15, 0.2) is 0 Å². The number of nitrogens with one attached hydrogen (secondary N) is 1. The van der Waals surface area contributed by atoms with Crippen molar-refractivity contribution in [1.82, 2.24) is 0 Å². The molecule has 2 aliphatic rings. The predicted molar refractivity (Wildman–Crippen MR) is 131 cm³/mol. The topological polar surface area (TPSA) is 12.0 Å². The summed E-state index contributed by atoms with van der Waals surface area (Å²) in [5.74, 6) is 0.465. The maximum atomic E-state index is 3.58. The quantitative estimate of drug-likeness (QED) is 0.556. The largest absolute Gasteiger partial charge is 0.355 e. The summed E-state index contributed by atoms with van der Waals surface area (Å²) in [6.45, 7) is 6.69. The van der Waals surface area contributed by atoms with Gasteiger partial charge in [-0.25, -0.2) is 0 Å². The van der Waals surface area contributed by atoms with Gasteiger partial charge in [-0.3, -0.25) is 0 Å². The molecule has 0 heterocycles. The van der Waals surface area contributed by atoms with E-state index >= 15 is 0 Å². The van der Waals surface area contributed by atoms with Crippen LogP contribution in [0.25, 0.3) is 5.57 Å². The standard InChI is InChI=1S/C29H29N/c1-22-10-9-11-24(17-16-22)29(3)20-18-23(2)26(19-21-29)27-14-7-8-15-28(27)30-25-12-5-4-6-13-25/h4-22,30H,1-3H3/t22-,29?/m0/s1. The molecule has 2 aromatic carbocycles. The molecule has 0 radical (unpaired) electrons. The van der Waals surface area contributed by atoms with Crippen molar-refractivity contribution in [3.8, 4) is 0 Å². The molecule has 0 saturated carbocycles. The van der Waals surface area contributed by atoms with Gasteiger partial charge in [0.05, 0.1) is 0 Å². The molecular weight excluding hydrogens is 362 g/mol. The van der Waals surface area contributed by atoms with Crippen LogP contribution >= 0.6 is 0 Å². The van der Waals surface area contributed by atoms with Crippen molar-refractivity contribution in [3.05, 3.63) is 126 Å². The summed E-state index contributed by atoms with van der Waals surface area (Å²) in [6.07, 6.45) is 20.4. The average Bonchev–Trinajstić information content (AvgIpc) is 3.07. The fraction of sp³-hybridized carbons (Fsp3) is 0.172. The summed E-state index contributed by atoms with van der Waals surface area (Å²) in [5, 5.41) is 3.58. The highest BCUT2D eigenvalue weighted by molar-refractivity contribution is 5.87. The Morgan fingerprint density at radius 1 is 0.833 bits per heavy atom. The molecule has 2 aromatic rings. The highest BCUT2D eigenvalue weighted by atomic mass is 14.9. The van der Waals surface area contributed by atoms with Crippen LogP contribution in [-0.4, -0.2) is 0 Å². The molecule has 0 amide bonds. The second-order valence-corrected chi connectivity index (χ2v) is 8.31. The summed E-state index contributed by atoms with van der Waals surface area (Å²) in [6, 6.07) is 18.9. The maximum absolute atomic E-state index is 3.58. The van der Waals surface area contributed by atoms with Crippen LogP contribution in [0.3, 0.4) is 0 Å². The van der Waals surface area contributed by atoms with Crippen LogP contribution in [0.1, 0.15) is 26.3 Å². The second-order valence-electron chi connectivity index (χ2n) is 8.31. The molecule has 0 fully saturated rings. The number of para-hydroxylation sites is 2. The lowest BCUT2D eigenvalue weighted by Crippen LogP contribution is -2.11. The normalized spacial score (nSPS) is 23.2. The van der Waals surface area contributed by atoms with Gasteiger partial charge in [0.1, 0.15) is 0 Å². The number of hydrogen-bond donors (Lipinski definition) is 1. The molecule has 2 aliphatic carbocycles. The van der Waals surface area contributed by atoms with Crippen molar-refractivity contribution in [2.24, 2.45) is 11.3 Å². The van der Waals surface area contributed by atoms with E-state index in [2.05, 4.69) is 129 Å². The zero-order chi connectivity index (χ0) is 21.0. The molecule has 4 rings (SSSR count). The Hall–Kier alpha value is -3.32. The van der Waals surface area contributed by atoms with Crippen LogP contribution in [-0.2, 0) is 0 Å². The Balaban J connectivity index is 1.69. The number of benzene rings is 2. The summed E-state index contributed by atoms with van der Waals surface area (Å²) in [5.41, 5.74) is 7.09. The Morgan fingerprint density at radius 3 is 2.40 bits per heavy atom. The SMILES string of the molecule is CC1=C(c2ccccc2Nc2ccccc2)C=CC(C)(C2=CC=C[C@H](C)C=C2)C=C1. The van der Waals surface area contributed by atoms with Crippen molar-refractivity contribution in [2.75, 3.05) is 5.32 Å². The second kappa shape index (κ2) is 8.59. The first-order valence-corrected chi connectivity index (χ1v) is 10.6. The summed E-state index contributed by atoms with van der Waals surface area (Å²) >= 11 is 0. The Morgan fingerprint density at radius 2 is 1.57 bits per heavy atom. The van der Waals surface area contributed by atoms with E-state index in [9.17, 15) is 0 Å². The van der Waals surface area contributed by atoms with Gasteiger partial charge < -0.3 is 5.32 Å². The van der Waals surface area contributed by atoms with Crippen LogP contribution in [0, 0.1) is 11.3 Å². The fourth-order valence-corrected chi connectivity index (χ4v) is 3.90. The lowest BCUT2D eigenvalue weighted by Gasteiger charge is -2.23. The van der Waals surface area contributed by atoms with Crippen LogP contribution in [0.5, 0.6) is 0 Å². The van der Waals surface area contributed by atoms with E-state index < -0.39 is 0 Å². The van der Waals surface area contributed by atoms with Gasteiger partial charge in [0.2, 0.25) is 0 Å². The average molecular weight is 392 g/mol. The minimum Gasteiger partial charge on any atom is -0.355 e. The predicted octanol–water partition coefficient (Wildman–Crippen LogP) is 8.02. The Labute approximate surface area is 180 Å². The minimum absolute atomic E-state index is 0.143. The van der Waals surface area contributed by atoms with E-state index in [1.165, 1.54) is 22.3 Å². The Kier molecular flexibility index (Phi) is 5.72. The van der Waals surface area contributed by atoms with Gasteiger partial charge in [-0.1, -0.05) is 98.0 Å². The van der Waals surface area contributed by atoms with Crippen LogP contribution in [0.15, 0.2) is 120 Å². The molecule has 150 valence electrons. The molecule has 2 atom stereocenters. The van der Waals surface area contributed by atoms with E-state index in [1.54, 1.807) is 0 Å². The number of hydrogen-bond acceptors (Lipinski definition) is 1. The van der Waals surface area contributed by atoms with Crippen molar-refractivity contribution >= 4 is 16.9 Å². The smallest absolute Gasteiger partial charge is 0.0464 e. The number of allylic oxidation sites excluding steroid dienone is 12. The minimum atomic E-state index is -0.143. The Bertz CT molecular complexity index is 1090. The molecule has 0 aromatic heterocycles. The highest BCUT2D eigenvalue weighted by Gasteiger charge is 2.24. The lowest BCUT2D eigenvalue weighted by atomic mass is 9.80. The van der Waals surface area contributed by atoms with E-state index in [-0.39, 0.29) is 5.41 Å². The summed E-state index contributed by atoms with van der Waals surface area (Å²) < 4.78 is 0. The van der Waals surface area contributed by atoms with Gasteiger partial charge in [0, 0.05) is 22.4 Å². The van der Waals surface area contributed by atoms with E-state index in [0.717, 1.165) is 11.4 Å². The van der Waals surface area contributed by atoms with E-state index in [1.807, 2.05) is 6.07 Å². The molecular formula is C29H29N. The van der Waals surface area contributed by atoms with Gasteiger partial charge in [-0.15, -0.1) is 0 Å². The molecule has 0 saturated heterocycles. The highest BCUT2D eigenvalue weighted by Crippen LogP contribution is 2.39. The third kappa shape index (κ3) is 4.31. The van der Waals surface area contributed by atoms with Crippen molar-refractivity contribution < 1.29 is 0 Å². The van der Waals surface area contributed by atoms with Crippen LogP contribution in [0.2, 0.25) is 0 Å². The van der Waals surface area contributed by atoms with E-state index in [0.29, 0.717) is 5.92 Å². The number of anilines is 2. The van der Waals surface area contributed by atoms with Crippen molar-refractivity contribution in [2.45, 2.75) is 20.8 Å². The molecule has 0 spiro atoms. The monoisotopic (exact) mass is 391 g/mol. The third-order valence-corrected chi connectivity index (χ3v) is 5.86. The van der Waals surface area contributed by atoms with Crippen molar-refractivity contribution in [1.29, 1.82) is 0 Å². The summed E-state index contributed by atoms with van der Waals surface area (Å²) in [4.78, 5) is 0. The number of rotatable bonds is 4. The molecule has 0 aliphatic heterocycles. The molecule has 1 heteroatoms. The third-order valence-electron chi connectivity index (χ3n) is 5.86. The first-order chi connectivity index (χ1) is 14.5.